The van der Waals surface area contributed by atoms with Crippen LogP contribution in [0.1, 0.15) is 32.3 Å². The van der Waals surface area contributed by atoms with Gasteiger partial charge in [-0.05, 0) is 31.0 Å². The molecule has 0 saturated heterocycles. The Labute approximate surface area is 138 Å². The minimum Gasteiger partial charge on any atom is -0.325 e. The number of sulfonamides is 1. The number of benzene rings is 1. The van der Waals surface area contributed by atoms with E-state index in [0.717, 1.165) is 18.2 Å². The van der Waals surface area contributed by atoms with Crippen molar-refractivity contribution in [2.24, 2.45) is 5.73 Å². The summed E-state index contributed by atoms with van der Waals surface area (Å²) >= 11 is 0. The van der Waals surface area contributed by atoms with Crippen LogP contribution in [0, 0.1) is 0 Å². The molecule has 1 unspecified atom stereocenters. The fourth-order valence-electron chi connectivity index (χ4n) is 1.83. The van der Waals surface area contributed by atoms with Crippen LogP contribution in [-0.2, 0) is 21.4 Å². The topological polar surface area (TPSA) is 101 Å². The molecular formula is C14H24ClN3O3S. The van der Waals surface area contributed by atoms with Crippen molar-refractivity contribution < 1.29 is 13.2 Å². The number of amides is 1. The van der Waals surface area contributed by atoms with Crippen molar-refractivity contribution in [1.29, 1.82) is 0 Å². The maximum Gasteiger partial charge on any atom is 0.244 e. The molecule has 0 aliphatic rings. The molecule has 22 heavy (non-hydrogen) atoms. The third kappa shape index (κ3) is 7.22. The highest BCUT2D eigenvalue weighted by atomic mass is 35.5. The Morgan fingerprint density at radius 3 is 2.27 bits per heavy atom. The zero-order chi connectivity index (χ0) is 16.1. The van der Waals surface area contributed by atoms with Gasteiger partial charge in [0.25, 0.3) is 0 Å². The fraction of sp³-hybridized carbons (Fsp3) is 0.500. The molecule has 8 heteroatoms. The van der Waals surface area contributed by atoms with Gasteiger partial charge in [-0.2, -0.15) is 0 Å². The summed E-state index contributed by atoms with van der Waals surface area (Å²) in [4.78, 5) is 12.0. The lowest BCUT2D eigenvalue weighted by atomic mass is 9.96. The van der Waals surface area contributed by atoms with Crippen LogP contribution >= 0.6 is 12.4 Å². The molecule has 1 aromatic rings. The van der Waals surface area contributed by atoms with Crippen LogP contribution in [0.5, 0.6) is 0 Å². The van der Waals surface area contributed by atoms with Gasteiger partial charge in [0.05, 0.1) is 11.8 Å². The van der Waals surface area contributed by atoms with E-state index in [2.05, 4.69) is 10.0 Å². The molecule has 0 aliphatic carbocycles. The SMILES string of the molecule is CCCC(C)(N)C(=O)Nc1ccc(CNS(C)(=O)=O)cc1.Cl. The predicted octanol–water partition coefficient (Wildman–Crippen LogP) is 1.61. The van der Waals surface area contributed by atoms with Gasteiger partial charge >= 0.3 is 0 Å². The van der Waals surface area contributed by atoms with Crippen molar-refractivity contribution >= 4 is 34.0 Å². The van der Waals surface area contributed by atoms with Gasteiger partial charge in [-0.3, -0.25) is 4.79 Å². The number of nitrogens with two attached hydrogens (primary N) is 1. The largest absolute Gasteiger partial charge is 0.325 e. The quantitative estimate of drug-likeness (QED) is 0.696. The molecule has 0 spiro atoms. The Hall–Kier alpha value is -1.15. The van der Waals surface area contributed by atoms with Gasteiger partial charge in [-0.25, -0.2) is 13.1 Å². The van der Waals surface area contributed by atoms with Gasteiger partial charge in [0.2, 0.25) is 15.9 Å². The highest BCUT2D eigenvalue weighted by Crippen LogP contribution is 2.14. The van der Waals surface area contributed by atoms with Gasteiger partial charge < -0.3 is 11.1 Å². The molecule has 1 amide bonds. The van der Waals surface area contributed by atoms with E-state index in [4.69, 9.17) is 5.73 Å². The molecule has 1 atom stereocenters. The molecule has 4 N–H and O–H groups in total. The lowest BCUT2D eigenvalue weighted by Crippen LogP contribution is -2.48. The van der Waals surface area contributed by atoms with Gasteiger partial charge in [-0.1, -0.05) is 25.5 Å². The highest BCUT2D eigenvalue weighted by Gasteiger charge is 2.26. The maximum atomic E-state index is 12.0. The average molecular weight is 350 g/mol. The smallest absolute Gasteiger partial charge is 0.244 e. The Morgan fingerprint density at radius 1 is 1.27 bits per heavy atom. The first-order chi connectivity index (χ1) is 9.64. The number of carbonyl (C=O) groups excluding carboxylic acids is 1. The van der Waals surface area contributed by atoms with Crippen molar-refractivity contribution in [2.45, 2.75) is 38.8 Å². The molecule has 0 bridgehead atoms. The Morgan fingerprint density at radius 2 is 1.82 bits per heavy atom. The third-order valence-corrected chi connectivity index (χ3v) is 3.71. The molecule has 0 aromatic heterocycles. The first-order valence-corrected chi connectivity index (χ1v) is 8.67. The summed E-state index contributed by atoms with van der Waals surface area (Å²) in [5.41, 5.74) is 6.50. The van der Waals surface area contributed by atoms with Gasteiger partial charge in [0.1, 0.15) is 0 Å². The van der Waals surface area contributed by atoms with Crippen molar-refractivity contribution in [2.75, 3.05) is 11.6 Å². The van der Waals surface area contributed by atoms with Crippen LogP contribution in [0.2, 0.25) is 0 Å². The minimum absolute atomic E-state index is 0. The summed E-state index contributed by atoms with van der Waals surface area (Å²) in [5, 5.41) is 2.76. The summed E-state index contributed by atoms with van der Waals surface area (Å²) in [6.07, 6.45) is 2.54. The Bertz CT molecular complexity index is 586. The van der Waals surface area contributed by atoms with E-state index in [1.54, 1.807) is 31.2 Å². The van der Waals surface area contributed by atoms with Crippen LogP contribution in [0.25, 0.3) is 0 Å². The molecule has 6 nitrogen and oxygen atoms in total. The molecule has 0 fully saturated rings. The van der Waals surface area contributed by atoms with Crippen molar-refractivity contribution in [3.8, 4) is 0 Å². The average Bonchev–Trinajstić information content (AvgIpc) is 2.37. The highest BCUT2D eigenvalue weighted by molar-refractivity contribution is 7.88. The number of halogens is 1. The zero-order valence-corrected chi connectivity index (χ0v) is 14.7. The van der Waals surface area contributed by atoms with Crippen LogP contribution in [0.15, 0.2) is 24.3 Å². The first-order valence-electron chi connectivity index (χ1n) is 6.78. The third-order valence-electron chi connectivity index (χ3n) is 3.04. The van der Waals surface area contributed by atoms with Crippen molar-refractivity contribution in [3.63, 3.8) is 0 Å². The maximum absolute atomic E-state index is 12.0. The molecule has 0 saturated carbocycles. The summed E-state index contributed by atoms with van der Waals surface area (Å²) < 4.78 is 24.4. The summed E-state index contributed by atoms with van der Waals surface area (Å²) in [5.74, 6) is -0.230. The summed E-state index contributed by atoms with van der Waals surface area (Å²) in [7, 11) is -3.21. The lowest BCUT2D eigenvalue weighted by molar-refractivity contribution is -0.120. The van der Waals surface area contributed by atoms with E-state index >= 15 is 0 Å². The fourth-order valence-corrected chi connectivity index (χ4v) is 2.26. The second kappa shape index (κ2) is 8.47. The normalized spacial score (nSPS) is 13.8. The molecule has 0 aliphatic heterocycles. The van der Waals surface area contributed by atoms with Crippen molar-refractivity contribution in [3.05, 3.63) is 29.8 Å². The molecular weight excluding hydrogens is 326 g/mol. The van der Waals surface area contributed by atoms with Gasteiger partial charge in [0, 0.05) is 12.2 Å². The first kappa shape index (κ1) is 20.9. The number of nitrogens with one attached hydrogen (secondary N) is 2. The van der Waals surface area contributed by atoms with Crippen LogP contribution in [0.4, 0.5) is 5.69 Å². The molecule has 0 radical (unpaired) electrons. The Balaban J connectivity index is 0.00000441. The zero-order valence-electron chi connectivity index (χ0n) is 13.0. The number of rotatable bonds is 7. The van der Waals surface area contributed by atoms with E-state index < -0.39 is 15.6 Å². The number of carbonyl (C=O) groups is 1. The molecule has 126 valence electrons. The van der Waals surface area contributed by atoms with E-state index in [1.807, 2.05) is 6.92 Å². The lowest BCUT2D eigenvalue weighted by Gasteiger charge is -2.22. The van der Waals surface area contributed by atoms with Crippen LogP contribution in [-0.4, -0.2) is 26.1 Å². The van der Waals surface area contributed by atoms with Crippen LogP contribution < -0.4 is 15.8 Å². The minimum atomic E-state index is -3.21. The van der Waals surface area contributed by atoms with Gasteiger partial charge in [-0.15, -0.1) is 12.4 Å². The van der Waals surface area contributed by atoms with Gasteiger partial charge in [0.15, 0.2) is 0 Å². The number of anilines is 1. The summed E-state index contributed by atoms with van der Waals surface area (Å²) in [6.45, 7) is 3.90. The van der Waals surface area contributed by atoms with Crippen LogP contribution in [0.3, 0.4) is 0 Å². The Kier molecular flexibility index (Phi) is 8.03. The monoisotopic (exact) mass is 349 g/mol. The molecule has 0 heterocycles. The van der Waals surface area contributed by atoms with E-state index in [-0.39, 0.29) is 24.9 Å². The second-order valence-corrected chi connectivity index (χ2v) is 7.24. The summed E-state index contributed by atoms with van der Waals surface area (Å²) in [6, 6.07) is 6.95. The van der Waals surface area contributed by atoms with Crippen molar-refractivity contribution in [1.82, 2.24) is 4.72 Å². The molecule has 1 aromatic carbocycles. The second-order valence-electron chi connectivity index (χ2n) is 5.41. The number of hydrogen-bond acceptors (Lipinski definition) is 4. The predicted molar refractivity (Wildman–Crippen MR) is 91.5 cm³/mol. The molecule has 1 rings (SSSR count). The van der Waals surface area contributed by atoms with E-state index in [0.29, 0.717) is 12.1 Å². The number of hydrogen-bond donors (Lipinski definition) is 3. The van der Waals surface area contributed by atoms with E-state index in [9.17, 15) is 13.2 Å². The standard InChI is InChI=1S/C14H23N3O3S.ClH/c1-4-9-14(2,15)13(18)17-12-7-5-11(6-8-12)10-16-21(3,19)20;/h5-8,16H,4,9-10,15H2,1-3H3,(H,17,18);1H. The van der Waals surface area contributed by atoms with E-state index in [1.165, 1.54) is 0 Å².